The second-order valence-electron chi connectivity index (χ2n) is 6.18. The first-order valence-corrected chi connectivity index (χ1v) is 7.59. The van der Waals surface area contributed by atoms with Crippen LogP contribution in [0.3, 0.4) is 0 Å². The third kappa shape index (κ3) is 2.47. The minimum absolute atomic E-state index is 0.0736. The topological polar surface area (TPSA) is 20.2 Å². The highest BCUT2D eigenvalue weighted by Gasteiger charge is 2.32. The Morgan fingerprint density at radius 2 is 1.39 bits per heavy atom. The first-order chi connectivity index (χ1) is 8.84. The summed E-state index contributed by atoms with van der Waals surface area (Å²) < 4.78 is 0. The highest BCUT2D eigenvalue weighted by atomic mass is 16.3. The fourth-order valence-electron chi connectivity index (χ4n) is 3.87. The Bertz CT molecular complexity index is 365. The van der Waals surface area contributed by atoms with Crippen molar-refractivity contribution in [1.82, 2.24) is 0 Å². The molecule has 1 heteroatoms. The lowest BCUT2D eigenvalue weighted by molar-refractivity contribution is 0.0469. The molecule has 0 aromatic heterocycles. The van der Waals surface area contributed by atoms with Gasteiger partial charge in [-0.15, -0.1) is 0 Å². The molecule has 1 saturated carbocycles. The molecule has 1 aromatic rings. The average Bonchev–Trinajstić information content (AvgIpc) is 2.64. The molecule has 18 heavy (non-hydrogen) atoms. The quantitative estimate of drug-likeness (QED) is 0.786. The van der Waals surface area contributed by atoms with Gasteiger partial charge in [0.25, 0.3) is 0 Å². The summed E-state index contributed by atoms with van der Waals surface area (Å²) in [7, 11) is 0. The predicted molar refractivity (Wildman–Crippen MR) is 74.5 cm³/mol. The number of fused-ring (bicyclic) bond motifs is 1. The van der Waals surface area contributed by atoms with Crippen LogP contribution in [-0.2, 0) is 12.8 Å². The molecule has 1 fully saturated rings. The van der Waals surface area contributed by atoms with Crippen LogP contribution in [0.5, 0.6) is 0 Å². The standard InChI is InChI=1S/C17H24O/c18-17(13-7-3-1-2-4-8-13)16-11-14-9-5-6-10-15(14)12-16/h5-6,9-10,13,16-18H,1-4,7-8,11-12H2. The van der Waals surface area contributed by atoms with Crippen molar-refractivity contribution >= 4 is 0 Å². The predicted octanol–water partition coefficient (Wildman–Crippen LogP) is 3.73. The van der Waals surface area contributed by atoms with Crippen molar-refractivity contribution in [2.24, 2.45) is 11.8 Å². The normalized spacial score (nSPS) is 23.6. The number of aliphatic hydroxyl groups excluding tert-OH is 1. The van der Waals surface area contributed by atoms with E-state index in [1.807, 2.05) is 0 Å². The second kappa shape index (κ2) is 5.44. The van der Waals surface area contributed by atoms with Crippen LogP contribution >= 0.6 is 0 Å². The molecule has 0 radical (unpaired) electrons. The number of aliphatic hydroxyl groups is 1. The van der Waals surface area contributed by atoms with E-state index < -0.39 is 0 Å². The lowest BCUT2D eigenvalue weighted by Gasteiger charge is -2.26. The van der Waals surface area contributed by atoms with Gasteiger partial charge in [-0.1, -0.05) is 49.9 Å². The summed E-state index contributed by atoms with van der Waals surface area (Å²) in [5, 5.41) is 10.7. The smallest absolute Gasteiger partial charge is 0.0602 e. The summed E-state index contributed by atoms with van der Waals surface area (Å²) in [5.41, 5.74) is 2.94. The van der Waals surface area contributed by atoms with Crippen molar-refractivity contribution in [3.05, 3.63) is 35.4 Å². The van der Waals surface area contributed by atoms with Crippen LogP contribution in [0.15, 0.2) is 24.3 Å². The average molecular weight is 244 g/mol. The summed E-state index contributed by atoms with van der Waals surface area (Å²) in [6.07, 6.45) is 9.98. The van der Waals surface area contributed by atoms with Crippen LogP contribution in [0.4, 0.5) is 0 Å². The van der Waals surface area contributed by atoms with Gasteiger partial charge in [-0.05, 0) is 48.6 Å². The van der Waals surface area contributed by atoms with E-state index in [9.17, 15) is 5.11 Å². The van der Waals surface area contributed by atoms with Crippen molar-refractivity contribution in [2.75, 3.05) is 0 Å². The van der Waals surface area contributed by atoms with E-state index in [4.69, 9.17) is 0 Å². The van der Waals surface area contributed by atoms with Crippen LogP contribution in [0.2, 0.25) is 0 Å². The van der Waals surface area contributed by atoms with Gasteiger partial charge in [0.1, 0.15) is 0 Å². The van der Waals surface area contributed by atoms with Gasteiger partial charge >= 0.3 is 0 Å². The summed E-state index contributed by atoms with van der Waals surface area (Å²) in [6, 6.07) is 8.71. The monoisotopic (exact) mass is 244 g/mol. The van der Waals surface area contributed by atoms with Crippen molar-refractivity contribution < 1.29 is 5.11 Å². The summed E-state index contributed by atoms with van der Waals surface area (Å²) >= 11 is 0. The fourth-order valence-corrected chi connectivity index (χ4v) is 3.87. The van der Waals surface area contributed by atoms with E-state index in [2.05, 4.69) is 24.3 Å². The van der Waals surface area contributed by atoms with Gasteiger partial charge in [-0.25, -0.2) is 0 Å². The van der Waals surface area contributed by atoms with Crippen LogP contribution in [-0.4, -0.2) is 11.2 Å². The Hall–Kier alpha value is -0.820. The molecule has 1 N–H and O–H groups in total. The van der Waals surface area contributed by atoms with Gasteiger partial charge in [-0.2, -0.15) is 0 Å². The maximum absolute atomic E-state index is 10.7. The van der Waals surface area contributed by atoms with Crippen molar-refractivity contribution in [1.29, 1.82) is 0 Å². The maximum Gasteiger partial charge on any atom is 0.0602 e. The Labute approximate surface area is 110 Å². The minimum Gasteiger partial charge on any atom is -0.393 e. The van der Waals surface area contributed by atoms with E-state index in [-0.39, 0.29) is 6.10 Å². The van der Waals surface area contributed by atoms with Gasteiger partial charge in [-0.3, -0.25) is 0 Å². The first-order valence-electron chi connectivity index (χ1n) is 7.59. The Morgan fingerprint density at radius 3 is 1.94 bits per heavy atom. The molecule has 0 aliphatic heterocycles. The molecule has 98 valence electrons. The molecule has 0 amide bonds. The molecule has 0 saturated heterocycles. The summed E-state index contributed by atoms with van der Waals surface area (Å²) in [6.45, 7) is 0. The van der Waals surface area contributed by atoms with Gasteiger partial charge in [0.15, 0.2) is 0 Å². The van der Waals surface area contributed by atoms with Crippen molar-refractivity contribution in [2.45, 2.75) is 57.5 Å². The lowest BCUT2D eigenvalue weighted by Crippen LogP contribution is -2.29. The lowest BCUT2D eigenvalue weighted by atomic mass is 9.84. The third-order valence-electron chi connectivity index (χ3n) is 4.95. The number of hydrogen-bond acceptors (Lipinski definition) is 1. The fraction of sp³-hybridized carbons (Fsp3) is 0.647. The van der Waals surface area contributed by atoms with Gasteiger partial charge in [0, 0.05) is 0 Å². The van der Waals surface area contributed by atoms with Crippen LogP contribution in [0.1, 0.15) is 49.7 Å². The van der Waals surface area contributed by atoms with Crippen LogP contribution in [0.25, 0.3) is 0 Å². The molecule has 1 aromatic carbocycles. The summed E-state index contributed by atoms with van der Waals surface area (Å²) in [4.78, 5) is 0. The van der Waals surface area contributed by atoms with Gasteiger partial charge in [0.2, 0.25) is 0 Å². The Balaban J connectivity index is 1.66. The Kier molecular flexibility index (Phi) is 3.69. The summed E-state index contributed by atoms with van der Waals surface area (Å²) in [5.74, 6) is 1.04. The SMILES string of the molecule is OC(C1CCCCCC1)C1Cc2ccccc2C1. The third-order valence-corrected chi connectivity index (χ3v) is 4.95. The zero-order valence-electron chi connectivity index (χ0n) is 11.1. The molecule has 0 bridgehead atoms. The number of rotatable bonds is 2. The Morgan fingerprint density at radius 1 is 0.833 bits per heavy atom. The van der Waals surface area contributed by atoms with Gasteiger partial charge in [0.05, 0.1) is 6.10 Å². The molecule has 0 spiro atoms. The minimum atomic E-state index is -0.0736. The number of hydrogen-bond donors (Lipinski definition) is 1. The van der Waals surface area contributed by atoms with Gasteiger partial charge < -0.3 is 5.11 Å². The molecule has 2 aliphatic rings. The molecule has 1 atom stereocenters. The molecule has 3 rings (SSSR count). The second-order valence-corrected chi connectivity index (χ2v) is 6.18. The first kappa shape index (κ1) is 12.2. The molecule has 0 heterocycles. The van der Waals surface area contributed by atoms with E-state index in [1.165, 1.54) is 49.7 Å². The molecule has 1 nitrogen and oxygen atoms in total. The molecule has 2 aliphatic carbocycles. The van der Waals surface area contributed by atoms with Crippen molar-refractivity contribution in [3.8, 4) is 0 Å². The maximum atomic E-state index is 10.7. The number of benzene rings is 1. The van der Waals surface area contributed by atoms with E-state index in [0.717, 1.165) is 12.8 Å². The zero-order valence-corrected chi connectivity index (χ0v) is 11.1. The van der Waals surface area contributed by atoms with E-state index in [0.29, 0.717) is 11.8 Å². The van der Waals surface area contributed by atoms with Crippen molar-refractivity contribution in [3.63, 3.8) is 0 Å². The highest BCUT2D eigenvalue weighted by molar-refractivity contribution is 5.32. The highest BCUT2D eigenvalue weighted by Crippen LogP contribution is 2.35. The molecular formula is C17H24O. The van der Waals surface area contributed by atoms with E-state index >= 15 is 0 Å². The zero-order chi connectivity index (χ0) is 12.4. The van der Waals surface area contributed by atoms with E-state index in [1.54, 1.807) is 0 Å². The molecule has 1 unspecified atom stereocenters. The molecular weight excluding hydrogens is 220 g/mol. The van der Waals surface area contributed by atoms with Crippen LogP contribution in [0, 0.1) is 11.8 Å². The van der Waals surface area contributed by atoms with Crippen LogP contribution < -0.4 is 0 Å². The largest absolute Gasteiger partial charge is 0.393 e.